The van der Waals surface area contributed by atoms with Crippen molar-refractivity contribution in [2.24, 2.45) is 0 Å². The van der Waals surface area contributed by atoms with E-state index in [4.69, 9.17) is 0 Å². The van der Waals surface area contributed by atoms with Crippen molar-refractivity contribution in [2.45, 2.75) is 50.2 Å². The van der Waals surface area contributed by atoms with E-state index in [1.165, 1.54) is 12.1 Å². The summed E-state index contributed by atoms with van der Waals surface area (Å²) in [7, 11) is -3.74. The van der Waals surface area contributed by atoms with Crippen LogP contribution in [0.5, 0.6) is 0 Å². The van der Waals surface area contributed by atoms with Gasteiger partial charge in [0.05, 0.1) is 0 Å². The molecule has 0 spiro atoms. The Bertz CT molecular complexity index is 554. The summed E-state index contributed by atoms with van der Waals surface area (Å²) in [5, 5.41) is 3.18. The molecule has 0 amide bonds. The summed E-state index contributed by atoms with van der Waals surface area (Å²) < 4.78 is 40.2. The van der Waals surface area contributed by atoms with E-state index in [9.17, 15) is 12.8 Å². The molecule has 1 aliphatic rings. The number of sulfonamides is 1. The number of rotatable bonds is 6. The Morgan fingerprint density at radius 1 is 1.37 bits per heavy atom. The van der Waals surface area contributed by atoms with Gasteiger partial charge in [-0.2, -0.15) is 0 Å². The predicted octanol–water partition coefficient (Wildman–Crippen LogP) is 1.76. The fraction of sp³-hybridized carbons (Fsp3) is 0.538. The highest BCUT2D eigenvalue weighted by atomic mass is 32.2. The maximum absolute atomic E-state index is 13.7. The molecule has 1 aromatic rings. The van der Waals surface area contributed by atoms with Crippen LogP contribution in [0.1, 0.15) is 32.3 Å². The lowest BCUT2D eigenvalue weighted by Crippen LogP contribution is -2.27. The van der Waals surface area contributed by atoms with E-state index in [0.29, 0.717) is 6.54 Å². The van der Waals surface area contributed by atoms with E-state index >= 15 is 0 Å². The topological polar surface area (TPSA) is 58.2 Å². The van der Waals surface area contributed by atoms with Gasteiger partial charge in [-0.05, 0) is 30.5 Å². The molecule has 1 saturated carbocycles. The first-order chi connectivity index (χ1) is 8.88. The van der Waals surface area contributed by atoms with Gasteiger partial charge in [0, 0.05) is 18.6 Å². The van der Waals surface area contributed by atoms with E-state index in [-0.39, 0.29) is 17.0 Å². The Morgan fingerprint density at radius 3 is 2.63 bits per heavy atom. The number of benzene rings is 1. The summed E-state index contributed by atoms with van der Waals surface area (Å²) in [5.41, 5.74) is 0.756. The number of nitrogens with one attached hydrogen (secondary N) is 2. The summed E-state index contributed by atoms with van der Waals surface area (Å²) in [5.74, 6) is -0.707. The zero-order chi connectivity index (χ0) is 14.0. The Labute approximate surface area is 113 Å². The minimum atomic E-state index is -3.74. The number of hydrogen-bond donors (Lipinski definition) is 2. The molecule has 0 bridgehead atoms. The summed E-state index contributed by atoms with van der Waals surface area (Å²) >= 11 is 0. The van der Waals surface area contributed by atoms with Crippen LogP contribution in [0, 0.1) is 5.82 Å². The molecule has 19 heavy (non-hydrogen) atoms. The minimum Gasteiger partial charge on any atom is -0.310 e. The van der Waals surface area contributed by atoms with Gasteiger partial charge >= 0.3 is 0 Å². The third kappa shape index (κ3) is 3.99. The lowest BCUT2D eigenvalue weighted by molar-refractivity contribution is 0.553. The van der Waals surface area contributed by atoms with Gasteiger partial charge in [-0.1, -0.05) is 19.9 Å². The van der Waals surface area contributed by atoms with E-state index in [0.717, 1.165) is 18.4 Å². The van der Waals surface area contributed by atoms with Crippen molar-refractivity contribution in [3.63, 3.8) is 0 Å². The Kier molecular flexibility index (Phi) is 4.23. The molecule has 0 aromatic heterocycles. The van der Waals surface area contributed by atoms with Crippen LogP contribution in [0.25, 0.3) is 0 Å². The standard InChI is InChI=1S/C13H19FN2O2S/c1-9(2)15-8-10-3-6-12(14)13(7-10)19(17,18)16-11-4-5-11/h3,6-7,9,11,15-16H,4-5,8H2,1-2H3. The molecule has 4 nitrogen and oxygen atoms in total. The van der Waals surface area contributed by atoms with Crippen molar-refractivity contribution in [1.82, 2.24) is 10.0 Å². The molecule has 0 saturated heterocycles. The van der Waals surface area contributed by atoms with Crippen molar-refractivity contribution >= 4 is 10.0 Å². The molecule has 0 aliphatic heterocycles. The summed E-state index contributed by atoms with van der Waals surface area (Å²) in [6.45, 7) is 4.51. The van der Waals surface area contributed by atoms with Crippen molar-refractivity contribution in [1.29, 1.82) is 0 Å². The number of hydrogen-bond acceptors (Lipinski definition) is 3. The van der Waals surface area contributed by atoms with E-state index in [1.807, 2.05) is 13.8 Å². The van der Waals surface area contributed by atoms with E-state index in [1.54, 1.807) is 6.07 Å². The molecule has 1 aliphatic carbocycles. The largest absolute Gasteiger partial charge is 0.310 e. The van der Waals surface area contributed by atoms with Crippen LogP contribution in [0.2, 0.25) is 0 Å². The molecule has 0 unspecified atom stereocenters. The molecule has 0 radical (unpaired) electrons. The first-order valence-corrected chi connectivity index (χ1v) is 7.91. The average Bonchev–Trinajstić information content (AvgIpc) is 3.10. The second kappa shape index (κ2) is 5.56. The minimum absolute atomic E-state index is 0.0261. The van der Waals surface area contributed by atoms with Crippen molar-refractivity contribution in [3.8, 4) is 0 Å². The van der Waals surface area contributed by atoms with Crippen LogP contribution in [0.15, 0.2) is 23.1 Å². The van der Waals surface area contributed by atoms with Crippen LogP contribution in [-0.2, 0) is 16.6 Å². The molecule has 2 rings (SSSR count). The second-order valence-electron chi connectivity index (χ2n) is 5.20. The molecule has 0 heterocycles. The monoisotopic (exact) mass is 286 g/mol. The maximum Gasteiger partial charge on any atom is 0.243 e. The van der Waals surface area contributed by atoms with Crippen molar-refractivity contribution < 1.29 is 12.8 Å². The summed E-state index contributed by atoms with van der Waals surface area (Å²) in [4.78, 5) is -0.262. The zero-order valence-corrected chi connectivity index (χ0v) is 11.9. The van der Waals surface area contributed by atoms with Gasteiger partial charge in [-0.15, -0.1) is 0 Å². The molecule has 1 fully saturated rings. The van der Waals surface area contributed by atoms with Crippen LogP contribution < -0.4 is 10.0 Å². The molecular weight excluding hydrogens is 267 g/mol. The van der Waals surface area contributed by atoms with Gasteiger partial charge in [0.1, 0.15) is 10.7 Å². The lowest BCUT2D eigenvalue weighted by Gasteiger charge is -2.11. The first-order valence-electron chi connectivity index (χ1n) is 6.42. The fourth-order valence-electron chi connectivity index (χ4n) is 1.67. The summed E-state index contributed by atoms with van der Waals surface area (Å²) in [6, 6.07) is 4.46. The third-order valence-corrected chi connectivity index (χ3v) is 4.43. The predicted molar refractivity (Wildman–Crippen MR) is 71.7 cm³/mol. The SMILES string of the molecule is CC(C)NCc1ccc(F)c(S(=O)(=O)NC2CC2)c1. The second-order valence-corrected chi connectivity index (χ2v) is 6.88. The van der Waals surface area contributed by atoms with Gasteiger partial charge in [0.15, 0.2) is 0 Å². The number of halogens is 1. The van der Waals surface area contributed by atoms with Crippen LogP contribution in [-0.4, -0.2) is 20.5 Å². The first kappa shape index (κ1) is 14.4. The van der Waals surface area contributed by atoms with Gasteiger partial charge < -0.3 is 5.32 Å². The average molecular weight is 286 g/mol. The summed E-state index contributed by atoms with van der Waals surface area (Å²) in [6.07, 6.45) is 1.66. The lowest BCUT2D eigenvalue weighted by atomic mass is 10.2. The van der Waals surface area contributed by atoms with Crippen molar-refractivity contribution in [3.05, 3.63) is 29.6 Å². The van der Waals surface area contributed by atoms with Crippen LogP contribution in [0.4, 0.5) is 4.39 Å². The smallest absolute Gasteiger partial charge is 0.243 e. The zero-order valence-electron chi connectivity index (χ0n) is 11.1. The van der Waals surface area contributed by atoms with Gasteiger partial charge in [0.25, 0.3) is 0 Å². The molecule has 2 N–H and O–H groups in total. The third-order valence-electron chi connectivity index (χ3n) is 2.90. The van der Waals surface area contributed by atoms with Crippen LogP contribution >= 0.6 is 0 Å². The molecule has 0 atom stereocenters. The Balaban J connectivity index is 2.20. The fourth-order valence-corrected chi connectivity index (χ4v) is 3.10. The van der Waals surface area contributed by atoms with Gasteiger partial charge in [-0.3, -0.25) is 0 Å². The highest BCUT2D eigenvalue weighted by Gasteiger charge is 2.29. The van der Waals surface area contributed by atoms with Gasteiger partial charge in [0.2, 0.25) is 10.0 Å². The van der Waals surface area contributed by atoms with Gasteiger partial charge in [-0.25, -0.2) is 17.5 Å². The maximum atomic E-state index is 13.7. The Morgan fingerprint density at radius 2 is 2.05 bits per heavy atom. The van der Waals surface area contributed by atoms with E-state index in [2.05, 4.69) is 10.0 Å². The van der Waals surface area contributed by atoms with E-state index < -0.39 is 15.8 Å². The van der Waals surface area contributed by atoms with Crippen molar-refractivity contribution in [2.75, 3.05) is 0 Å². The molecule has 106 valence electrons. The Hall–Kier alpha value is -0.980. The highest BCUT2D eigenvalue weighted by Crippen LogP contribution is 2.23. The molecule has 1 aromatic carbocycles. The highest BCUT2D eigenvalue weighted by molar-refractivity contribution is 7.89. The molecule has 6 heteroatoms. The quantitative estimate of drug-likeness (QED) is 0.838. The molecular formula is C13H19FN2O2S. The van der Waals surface area contributed by atoms with Crippen LogP contribution in [0.3, 0.4) is 0 Å². The normalized spacial score (nSPS) is 16.0.